The van der Waals surface area contributed by atoms with Gasteiger partial charge in [0.25, 0.3) is 5.91 Å². The number of para-hydroxylation sites is 1. The molecule has 2 heterocycles. The van der Waals surface area contributed by atoms with Crippen LogP contribution in [0.4, 0.5) is 5.82 Å². The van der Waals surface area contributed by atoms with Crippen LogP contribution in [-0.2, 0) is 4.79 Å². The summed E-state index contributed by atoms with van der Waals surface area (Å²) in [6.07, 6.45) is 4.51. The average molecular weight is 298 g/mol. The van der Waals surface area contributed by atoms with Gasteiger partial charge < -0.3 is 15.0 Å². The van der Waals surface area contributed by atoms with E-state index in [0.717, 1.165) is 18.9 Å². The Labute approximate surface area is 129 Å². The van der Waals surface area contributed by atoms with Crippen LogP contribution in [0.2, 0.25) is 0 Å². The Morgan fingerprint density at radius 2 is 2.09 bits per heavy atom. The van der Waals surface area contributed by atoms with Crippen molar-refractivity contribution in [3.63, 3.8) is 0 Å². The molecular weight excluding hydrogens is 280 g/mol. The molecule has 1 fully saturated rings. The highest BCUT2D eigenvalue weighted by molar-refractivity contribution is 5.81. The third-order valence-corrected chi connectivity index (χ3v) is 3.53. The lowest BCUT2D eigenvalue weighted by molar-refractivity contribution is -0.128. The van der Waals surface area contributed by atoms with E-state index in [1.807, 2.05) is 30.3 Å². The predicted octanol–water partition coefficient (Wildman–Crippen LogP) is 1.25. The summed E-state index contributed by atoms with van der Waals surface area (Å²) in [5.41, 5.74) is 0. The van der Waals surface area contributed by atoms with E-state index < -0.39 is 6.10 Å². The van der Waals surface area contributed by atoms with E-state index in [1.54, 1.807) is 25.5 Å². The molecule has 1 unspecified atom stereocenters. The van der Waals surface area contributed by atoms with Crippen molar-refractivity contribution in [3.8, 4) is 5.75 Å². The van der Waals surface area contributed by atoms with Crippen molar-refractivity contribution in [2.24, 2.45) is 0 Å². The molecule has 6 heteroatoms. The minimum atomic E-state index is -0.520. The molecule has 0 spiro atoms. The number of nitrogens with one attached hydrogen (secondary N) is 1. The Hall–Kier alpha value is -2.63. The van der Waals surface area contributed by atoms with Gasteiger partial charge in [0.05, 0.1) is 12.2 Å². The molecule has 1 aliphatic rings. The van der Waals surface area contributed by atoms with Crippen LogP contribution in [0.15, 0.2) is 48.9 Å². The highest BCUT2D eigenvalue weighted by Gasteiger charge is 2.30. The van der Waals surface area contributed by atoms with Crippen molar-refractivity contribution in [1.29, 1.82) is 0 Å². The molecule has 0 aliphatic carbocycles. The van der Waals surface area contributed by atoms with E-state index in [4.69, 9.17) is 4.74 Å². The molecule has 0 saturated carbocycles. The number of nitrogens with zero attached hydrogens (tertiary/aromatic N) is 3. The van der Waals surface area contributed by atoms with Crippen molar-refractivity contribution in [1.82, 2.24) is 15.3 Å². The standard InChI is InChI=1S/C16H18N4O2/c1-12(22-14-5-3-2-4-6-14)16(21)19-13-10-20(11-13)15-9-17-7-8-18-15/h2-9,12-13H,10-11H2,1H3,(H,19,21). The Bertz CT molecular complexity index is 615. The lowest BCUT2D eigenvalue weighted by Gasteiger charge is -2.40. The summed E-state index contributed by atoms with van der Waals surface area (Å²) in [6, 6.07) is 9.46. The van der Waals surface area contributed by atoms with Gasteiger partial charge in [0, 0.05) is 25.5 Å². The van der Waals surface area contributed by atoms with Crippen LogP contribution in [0.5, 0.6) is 5.75 Å². The fourth-order valence-corrected chi connectivity index (χ4v) is 2.29. The SMILES string of the molecule is CC(Oc1ccccc1)C(=O)NC1CN(c2cnccn2)C1. The summed E-state index contributed by atoms with van der Waals surface area (Å²) in [5.74, 6) is 1.43. The van der Waals surface area contributed by atoms with Gasteiger partial charge in [0.1, 0.15) is 11.6 Å². The maximum Gasteiger partial charge on any atom is 0.261 e. The van der Waals surface area contributed by atoms with Crippen LogP contribution in [0, 0.1) is 0 Å². The molecule has 1 aromatic carbocycles. The van der Waals surface area contributed by atoms with Crippen LogP contribution in [-0.4, -0.2) is 41.1 Å². The molecule has 6 nitrogen and oxygen atoms in total. The molecule has 1 saturated heterocycles. The first-order valence-corrected chi connectivity index (χ1v) is 7.25. The smallest absolute Gasteiger partial charge is 0.261 e. The van der Waals surface area contributed by atoms with E-state index in [9.17, 15) is 4.79 Å². The second-order valence-corrected chi connectivity index (χ2v) is 5.25. The molecule has 1 N–H and O–H groups in total. The lowest BCUT2D eigenvalue weighted by atomic mass is 10.1. The number of hydrogen-bond acceptors (Lipinski definition) is 5. The van der Waals surface area contributed by atoms with Gasteiger partial charge in [-0.2, -0.15) is 0 Å². The first kappa shape index (κ1) is 14.3. The highest BCUT2D eigenvalue weighted by Crippen LogP contribution is 2.17. The van der Waals surface area contributed by atoms with E-state index >= 15 is 0 Å². The van der Waals surface area contributed by atoms with E-state index in [1.165, 1.54) is 0 Å². The number of aromatic nitrogens is 2. The molecule has 3 rings (SSSR count). The molecule has 1 aliphatic heterocycles. The largest absolute Gasteiger partial charge is 0.481 e. The monoisotopic (exact) mass is 298 g/mol. The molecule has 114 valence electrons. The number of carbonyl (C=O) groups is 1. The van der Waals surface area contributed by atoms with Crippen molar-refractivity contribution < 1.29 is 9.53 Å². The molecular formula is C16H18N4O2. The van der Waals surface area contributed by atoms with Gasteiger partial charge in [0.2, 0.25) is 0 Å². The summed E-state index contributed by atoms with van der Waals surface area (Å²) >= 11 is 0. The van der Waals surface area contributed by atoms with Gasteiger partial charge in [-0.05, 0) is 19.1 Å². The van der Waals surface area contributed by atoms with Crippen molar-refractivity contribution in [2.75, 3.05) is 18.0 Å². The summed E-state index contributed by atoms with van der Waals surface area (Å²) in [7, 11) is 0. The first-order valence-electron chi connectivity index (χ1n) is 7.25. The maximum atomic E-state index is 12.1. The molecule has 22 heavy (non-hydrogen) atoms. The summed E-state index contributed by atoms with van der Waals surface area (Å²) in [6.45, 7) is 3.23. The van der Waals surface area contributed by atoms with Crippen LogP contribution in [0.1, 0.15) is 6.92 Å². The molecule has 1 aromatic heterocycles. The average Bonchev–Trinajstić information content (AvgIpc) is 2.52. The normalized spacial score (nSPS) is 15.8. The topological polar surface area (TPSA) is 67.3 Å². The van der Waals surface area contributed by atoms with Crippen molar-refractivity contribution >= 4 is 11.7 Å². The minimum absolute atomic E-state index is 0.104. The number of anilines is 1. The van der Waals surface area contributed by atoms with Gasteiger partial charge in [-0.3, -0.25) is 9.78 Å². The third kappa shape index (κ3) is 3.33. The quantitative estimate of drug-likeness (QED) is 0.900. The number of carbonyl (C=O) groups excluding carboxylic acids is 1. The zero-order valence-corrected chi connectivity index (χ0v) is 12.3. The van der Waals surface area contributed by atoms with Crippen LogP contribution in [0.3, 0.4) is 0 Å². The summed E-state index contributed by atoms with van der Waals surface area (Å²) in [5, 5.41) is 2.98. The molecule has 0 radical (unpaired) electrons. The van der Waals surface area contributed by atoms with Crippen LogP contribution in [0.25, 0.3) is 0 Å². The van der Waals surface area contributed by atoms with E-state index in [0.29, 0.717) is 5.75 Å². The molecule has 2 aromatic rings. The fraction of sp³-hybridized carbons (Fsp3) is 0.312. The number of amides is 1. The van der Waals surface area contributed by atoms with Crippen LogP contribution < -0.4 is 15.0 Å². The number of hydrogen-bond donors (Lipinski definition) is 1. The van der Waals surface area contributed by atoms with Gasteiger partial charge in [0.15, 0.2) is 6.10 Å². The molecule has 1 amide bonds. The number of benzene rings is 1. The Morgan fingerprint density at radius 1 is 1.32 bits per heavy atom. The van der Waals surface area contributed by atoms with E-state index in [-0.39, 0.29) is 11.9 Å². The second kappa shape index (κ2) is 6.43. The van der Waals surface area contributed by atoms with Crippen molar-refractivity contribution in [3.05, 3.63) is 48.9 Å². The van der Waals surface area contributed by atoms with Crippen molar-refractivity contribution in [2.45, 2.75) is 19.1 Å². The fourth-order valence-electron chi connectivity index (χ4n) is 2.29. The highest BCUT2D eigenvalue weighted by atomic mass is 16.5. The Kier molecular flexibility index (Phi) is 4.18. The molecule has 1 atom stereocenters. The summed E-state index contributed by atoms with van der Waals surface area (Å²) < 4.78 is 5.61. The maximum absolute atomic E-state index is 12.1. The second-order valence-electron chi connectivity index (χ2n) is 5.25. The zero-order valence-electron chi connectivity index (χ0n) is 12.3. The van der Waals surface area contributed by atoms with Crippen LogP contribution >= 0.6 is 0 Å². The Morgan fingerprint density at radius 3 is 2.77 bits per heavy atom. The number of rotatable bonds is 5. The van der Waals surface area contributed by atoms with Gasteiger partial charge in [-0.1, -0.05) is 18.2 Å². The lowest BCUT2D eigenvalue weighted by Crippen LogP contribution is -2.61. The number of ether oxygens (including phenoxy) is 1. The minimum Gasteiger partial charge on any atom is -0.481 e. The first-order chi connectivity index (χ1) is 10.7. The summed E-state index contributed by atoms with van der Waals surface area (Å²) in [4.78, 5) is 22.4. The van der Waals surface area contributed by atoms with Gasteiger partial charge in [-0.25, -0.2) is 4.98 Å². The third-order valence-electron chi connectivity index (χ3n) is 3.53. The Balaban J connectivity index is 1.45. The molecule has 0 bridgehead atoms. The van der Waals surface area contributed by atoms with Gasteiger partial charge in [-0.15, -0.1) is 0 Å². The van der Waals surface area contributed by atoms with Gasteiger partial charge >= 0.3 is 0 Å². The predicted molar refractivity (Wildman–Crippen MR) is 82.7 cm³/mol. The zero-order chi connectivity index (χ0) is 15.4. The van der Waals surface area contributed by atoms with E-state index in [2.05, 4.69) is 20.2 Å².